The van der Waals surface area contributed by atoms with Crippen LogP contribution in [0.15, 0.2) is 47.6 Å². The number of hydrogen-bond acceptors (Lipinski definition) is 1. The van der Waals surface area contributed by atoms with Crippen molar-refractivity contribution in [1.82, 2.24) is 0 Å². The van der Waals surface area contributed by atoms with Gasteiger partial charge in [0.25, 0.3) is 5.78 Å². The molecule has 3 rings (SSSR count). The number of carbonyl (C=O) groups excluding carboxylic acids is 1. The zero-order valence-electron chi connectivity index (χ0n) is 10.9. The maximum atomic E-state index is 12.8. The number of benzene rings is 1. The van der Waals surface area contributed by atoms with Crippen LogP contribution >= 0.6 is 0 Å². The first kappa shape index (κ1) is 13.2. The van der Waals surface area contributed by atoms with Crippen LogP contribution in [0.4, 0.5) is 13.2 Å². The van der Waals surface area contributed by atoms with Crippen molar-refractivity contribution in [2.45, 2.75) is 19.5 Å². The number of allylic oxidation sites excluding steroid dienone is 4. The van der Waals surface area contributed by atoms with Crippen molar-refractivity contribution in [1.29, 1.82) is 0 Å². The quantitative estimate of drug-likeness (QED) is 0.742. The van der Waals surface area contributed by atoms with Gasteiger partial charge < -0.3 is 0 Å². The molecule has 0 aliphatic heterocycles. The van der Waals surface area contributed by atoms with Gasteiger partial charge in [0, 0.05) is 17.4 Å². The first-order valence-electron chi connectivity index (χ1n) is 6.49. The van der Waals surface area contributed by atoms with E-state index in [0.29, 0.717) is 12.0 Å². The Labute approximate surface area is 114 Å². The van der Waals surface area contributed by atoms with Gasteiger partial charge >= 0.3 is 6.18 Å². The molecule has 1 aromatic rings. The molecular weight excluding hydrogens is 265 g/mol. The van der Waals surface area contributed by atoms with Gasteiger partial charge in [-0.1, -0.05) is 42.0 Å². The average molecular weight is 278 g/mol. The number of alkyl halides is 3. The van der Waals surface area contributed by atoms with Gasteiger partial charge in [-0.3, -0.25) is 4.79 Å². The van der Waals surface area contributed by atoms with Crippen molar-refractivity contribution in [3.8, 4) is 0 Å². The number of rotatable bonds is 2. The molecule has 4 heteroatoms. The van der Waals surface area contributed by atoms with Crippen LogP contribution in [0.2, 0.25) is 0 Å². The lowest BCUT2D eigenvalue weighted by atomic mass is 9.86. The summed E-state index contributed by atoms with van der Waals surface area (Å²) in [6, 6.07) is 8.90. The Hall–Kier alpha value is -1.84. The molecule has 2 aliphatic rings. The molecule has 0 fully saturated rings. The Balaban J connectivity index is 2.14. The van der Waals surface area contributed by atoms with E-state index in [1.807, 2.05) is 12.1 Å². The Bertz CT molecular complexity index is 623. The molecule has 0 saturated carbocycles. The van der Waals surface area contributed by atoms with E-state index in [-0.39, 0.29) is 17.4 Å². The molecule has 2 bridgehead atoms. The minimum Gasteiger partial charge on any atom is -0.284 e. The first-order chi connectivity index (χ1) is 9.39. The lowest BCUT2D eigenvalue weighted by Crippen LogP contribution is -2.28. The second kappa shape index (κ2) is 4.33. The highest BCUT2D eigenvalue weighted by atomic mass is 19.4. The maximum absolute atomic E-state index is 12.8. The molecule has 2 unspecified atom stereocenters. The highest BCUT2D eigenvalue weighted by molar-refractivity contribution is 6.08. The maximum Gasteiger partial charge on any atom is 0.454 e. The zero-order chi connectivity index (χ0) is 14.5. The van der Waals surface area contributed by atoms with Gasteiger partial charge in [-0.05, 0) is 24.5 Å². The monoisotopic (exact) mass is 278 g/mol. The highest BCUT2D eigenvalue weighted by Crippen LogP contribution is 2.53. The van der Waals surface area contributed by atoms with Gasteiger partial charge in [-0.25, -0.2) is 0 Å². The van der Waals surface area contributed by atoms with Gasteiger partial charge in [0.1, 0.15) is 0 Å². The second-order valence-electron chi connectivity index (χ2n) is 5.33. The van der Waals surface area contributed by atoms with E-state index in [1.54, 1.807) is 31.2 Å². The number of ketones is 1. The fourth-order valence-electron chi connectivity index (χ4n) is 3.30. The van der Waals surface area contributed by atoms with E-state index >= 15 is 0 Å². The van der Waals surface area contributed by atoms with Gasteiger partial charge in [-0.2, -0.15) is 13.2 Å². The smallest absolute Gasteiger partial charge is 0.284 e. The second-order valence-corrected chi connectivity index (χ2v) is 5.33. The molecule has 0 amide bonds. The topological polar surface area (TPSA) is 17.1 Å². The molecule has 0 heterocycles. The lowest BCUT2D eigenvalue weighted by molar-refractivity contribution is -0.166. The SMILES string of the molecule is CC1=CC2CC1C(C(=O)C(F)(F)F)=C2c1ccccc1. The molecule has 20 heavy (non-hydrogen) atoms. The highest BCUT2D eigenvalue weighted by Gasteiger charge is 2.50. The van der Waals surface area contributed by atoms with Crippen LogP contribution in [0.3, 0.4) is 0 Å². The molecule has 1 aromatic carbocycles. The standard InChI is InChI=1S/C16H13F3O/c1-9-7-11-8-12(9)14(15(20)16(17,18)19)13(11)10-5-3-2-4-6-10/h2-7,11-12H,8H2,1H3. The van der Waals surface area contributed by atoms with E-state index in [1.165, 1.54) is 0 Å². The predicted octanol–water partition coefficient (Wildman–Crippen LogP) is 4.17. The Kier molecular flexibility index (Phi) is 2.85. The van der Waals surface area contributed by atoms with Crippen LogP contribution in [0.25, 0.3) is 5.57 Å². The summed E-state index contributed by atoms with van der Waals surface area (Å²) < 4.78 is 38.5. The van der Waals surface area contributed by atoms with E-state index in [2.05, 4.69) is 0 Å². The number of fused-ring (bicyclic) bond motifs is 2. The zero-order valence-corrected chi connectivity index (χ0v) is 10.9. The molecule has 0 aromatic heterocycles. The van der Waals surface area contributed by atoms with Crippen molar-refractivity contribution < 1.29 is 18.0 Å². The van der Waals surface area contributed by atoms with E-state index in [0.717, 1.165) is 11.1 Å². The summed E-state index contributed by atoms with van der Waals surface area (Å²) in [4.78, 5) is 11.8. The van der Waals surface area contributed by atoms with Gasteiger partial charge in [0.2, 0.25) is 0 Å². The molecule has 104 valence electrons. The van der Waals surface area contributed by atoms with E-state index in [9.17, 15) is 18.0 Å². The van der Waals surface area contributed by atoms with Gasteiger partial charge in [0.05, 0.1) is 0 Å². The summed E-state index contributed by atoms with van der Waals surface area (Å²) in [5.41, 5.74) is 2.11. The van der Waals surface area contributed by atoms with E-state index < -0.39 is 12.0 Å². The predicted molar refractivity (Wildman–Crippen MR) is 69.8 cm³/mol. The summed E-state index contributed by atoms with van der Waals surface area (Å²) in [6.45, 7) is 1.80. The number of halogens is 3. The Morgan fingerprint density at radius 3 is 2.45 bits per heavy atom. The Morgan fingerprint density at radius 2 is 1.85 bits per heavy atom. The number of Topliss-reactive ketones (excluding diaryl/α,β-unsaturated/α-hetero) is 1. The fraction of sp³-hybridized carbons (Fsp3) is 0.312. The summed E-state index contributed by atoms with van der Waals surface area (Å²) >= 11 is 0. The lowest BCUT2D eigenvalue weighted by Gasteiger charge is -2.19. The van der Waals surface area contributed by atoms with Crippen molar-refractivity contribution in [3.63, 3.8) is 0 Å². The minimum atomic E-state index is -4.81. The van der Waals surface area contributed by atoms with Crippen LogP contribution in [-0.4, -0.2) is 12.0 Å². The average Bonchev–Trinajstić information content (AvgIpc) is 2.94. The van der Waals surface area contributed by atoms with Crippen LogP contribution in [0.5, 0.6) is 0 Å². The molecule has 2 atom stereocenters. The summed E-state index contributed by atoms with van der Waals surface area (Å²) in [7, 11) is 0. The van der Waals surface area contributed by atoms with Crippen molar-refractivity contribution in [2.75, 3.05) is 0 Å². The summed E-state index contributed by atoms with van der Waals surface area (Å²) in [6.07, 6.45) is -2.23. The van der Waals surface area contributed by atoms with Crippen molar-refractivity contribution in [2.24, 2.45) is 11.8 Å². The van der Waals surface area contributed by atoms with Gasteiger partial charge in [-0.15, -0.1) is 0 Å². The molecule has 0 N–H and O–H groups in total. The molecular formula is C16H13F3O. The van der Waals surface area contributed by atoms with E-state index in [4.69, 9.17) is 0 Å². The third kappa shape index (κ3) is 1.90. The molecule has 0 spiro atoms. The number of hydrogen-bond donors (Lipinski definition) is 0. The third-order valence-corrected chi connectivity index (χ3v) is 4.10. The van der Waals surface area contributed by atoms with Crippen molar-refractivity contribution >= 4 is 11.4 Å². The van der Waals surface area contributed by atoms with Crippen LogP contribution in [-0.2, 0) is 4.79 Å². The Morgan fingerprint density at radius 1 is 1.20 bits per heavy atom. The molecule has 0 saturated heterocycles. The summed E-state index contributed by atoms with van der Waals surface area (Å²) in [5, 5.41) is 0. The molecule has 2 aliphatic carbocycles. The minimum absolute atomic E-state index is 0.0475. The third-order valence-electron chi connectivity index (χ3n) is 4.10. The largest absolute Gasteiger partial charge is 0.454 e. The first-order valence-corrected chi connectivity index (χ1v) is 6.49. The molecule has 0 radical (unpaired) electrons. The van der Waals surface area contributed by atoms with Gasteiger partial charge in [0.15, 0.2) is 0 Å². The fourth-order valence-corrected chi connectivity index (χ4v) is 3.30. The number of carbonyl (C=O) groups is 1. The normalized spacial score (nSPS) is 25.1. The van der Waals surface area contributed by atoms with Crippen LogP contribution in [0.1, 0.15) is 18.9 Å². The van der Waals surface area contributed by atoms with Crippen LogP contribution in [0, 0.1) is 11.8 Å². The molecule has 1 nitrogen and oxygen atoms in total. The van der Waals surface area contributed by atoms with Crippen molar-refractivity contribution in [3.05, 3.63) is 53.1 Å². The van der Waals surface area contributed by atoms with Crippen LogP contribution < -0.4 is 0 Å². The summed E-state index contributed by atoms with van der Waals surface area (Å²) in [5.74, 6) is -2.12.